The summed E-state index contributed by atoms with van der Waals surface area (Å²) in [5.41, 5.74) is 0.886. The fraction of sp³-hybridized carbons (Fsp3) is 0. The van der Waals surface area contributed by atoms with Crippen molar-refractivity contribution in [3.05, 3.63) is 48.3 Å². The van der Waals surface area contributed by atoms with Crippen LogP contribution in [0.1, 0.15) is 10.4 Å². The molecule has 0 radical (unpaired) electrons. The van der Waals surface area contributed by atoms with Gasteiger partial charge in [0.05, 0.1) is 5.69 Å². The molecule has 0 bridgehead atoms. The fourth-order valence-electron chi connectivity index (χ4n) is 1.54. The van der Waals surface area contributed by atoms with Gasteiger partial charge in [-0.05, 0) is 18.2 Å². The van der Waals surface area contributed by atoms with Crippen LogP contribution in [0.2, 0.25) is 0 Å². The van der Waals surface area contributed by atoms with E-state index in [1.165, 1.54) is 12.3 Å². The van der Waals surface area contributed by atoms with E-state index in [1.54, 1.807) is 35.0 Å². The number of carbonyl (C=O) groups is 1. The quantitative estimate of drug-likeness (QED) is 0.823. The van der Waals surface area contributed by atoms with E-state index in [-0.39, 0.29) is 4.90 Å². The molecule has 0 fully saturated rings. The van der Waals surface area contributed by atoms with E-state index >= 15 is 0 Å². The first kappa shape index (κ1) is 11.6. The monoisotopic (exact) mass is 250 g/mol. The van der Waals surface area contributed by atoms with Crippen LogP contribution in [0.4, 0.5) is 0 Å². The Kier molecular flexibility index (Phi) is 2.83. The fourth-order valence-corrected chi connectivity index (χ4v) is 2.28. The first-order chi connectivity index (χ1) is 8.02. The number of rotatable bonds is 3. The lowest BCUT2D eigenvalue weighted by Crippen LogP contribution is -2.14. The van der Waals surface area contributed by atoms with Crippen molar-refractivity contribution in [3.8, 4) is 5.69 Å². The molecule has 1 heterocycles. The Labute approximate surface area is 98.5 Å². The van der Waals surface area contributed by atoms with Crippen molar-refractivity contribution >= 4 is 16.3 Å². The molecular formula is C11H10N2O3S. The number of nitrogens with two attached hydrogens (primary N) is 1. The zero-order valence-corrected chi connectivity index (χ0v) is 9.59. The van der Waals surface area contributed by atoms with Crippen LogP contribution in [0, 0.1) is 0 Å². The maximum absolute atomic E-state index is 11.4. The van der Waals surface area contributed by atoms with Crippen molar-refractivity contribution in [3.63, 3.8) is 0 Å². The van der Waals surface area contributed by atoms with Gasteiger partial charge >= 0.3 is 0 Å². The van der Waals surface area contributed by atoms with Crippen LogP contribution in [0.25, 0.3) is 5.69 Å². The first-order valence-corrected chi connectivity index (χ1v) is 6.32. The third kappa shape index (κ3) is 2.27. The zero-order valence-electron chi connectivity index (χ0n) is 8.78. The topological polar surface area (TPSA) is 82.2 Å². The number of carbonyl (C=O) groups excluding carboxylic acids is 1. The average molecular weight is 250 g/mol. The van der Waals surface area contributed by atoms with Gasteiger partial charge in [0.25, 0.3) is 0 Å². The predicted octanol–water partition coefficient (Wildman–Crippen LogP) is 0.937. The van der Waals surface area contributed by atoms with Crippen molar-refractivity contribution in [2.75, 3.05) is 0 Å². The van der Waals surface area contributed by atoms with Gasteiger partial charge in [-0.15, -0.1) is 0 Å². The number of sulfonamides is 1. The molecule has 88 valence electrons. The van der Waals surface area contributed by atoms with E-state index in [2.05, 4.69) is 0 Å². The van der Waals surface area contributed by atoms with Crippen molar-refractivity contribution < 1.29 is 13.2 Å². The molecule has 5 nitrogen and oxygen atoms in total. The molecule has 0 aliphatic carbocycles. The lowest BCUT2D eigenvalue weighted by atomic mass is 10.3. The Morgan fingerprint density at radius 1 is 1.18 bits per heavy atom. The molecule has 6 heteroatoms. The van der Waals surface area contributed by atoms with Gasteiger partial charge in [-0.1, -0.05) is 12.1 Å². The Morgan fingerprint density at radius 3 is 2.47 bits per heavy atom. The predicted molar refractivity (Wildman–Crippen MR) is 62.5 cm³/mol. The van der Waals surface area contributed by atoms with Crippen LogP contribution >= 0.6 is 0 Å². The average Bonchev–Trinajstić information content (AvgIpc) is 2.76. The number of hydrogen-bond acceptors (Lipinski definition) is 3. The lowest BCUT2D eigenvalue weighted by molar-refractivity contribution is 0.112. The highest BCUT2D eigenvalue weighted by Gasteiger charge is 2.14. The van der Waals surface area contributed by atoms with Gasteiger partial charge in [0, 0.05) is 18.0 Å². The summed E-state index contributed by atoms with van der Waals surface area (Å²) in [7, 11) is -3.79. The summed E-state index contributed by atoms with van der Waals surface area (Å²) in [4.78, 5) is 10.6. The van der Waals surface area contributed by atoms with Crippen molar-refractivity contribution in [2.45, 2.75) is 4.90 Å². The van der Waals surface area contributed by atoms with Crippen LogP contribution in [0.15, 0.2) is 47.6 Å². The van der Waals surface area contributed by atoms with Crippen molar-refractivity contribution in [2.24, 2.45) is 5.14 Å². The Balaban J connectivity index is 2.63. The lowest BCUT2D eigenvalue weighted by Gasteiger charge is -2.08. The standard InChI is InChI=1S/C11H10N2O3S/c12-17(15,16)11-4-2-1-3-10(11)13-6-5-9(7-13)8-14/h1-8H,(H2,12,15,16). The number of aldehydes is 1. The summed E-state index contributed by atoms with van der Waals surface area (Å²) in [6, 6.07) is 7.92. The SMILES string of the molecule is NS(=O)(=O)c1ccccc1-n1ccc(C=O)c1. The van der Waals surface area contributed by atoms with Crippen LogP contribution in [0.5, 0.6) is 0 Å². The second kappa shape index (κ2) is 4.15. The number of aromatic nitrogens is 1. The van der Waals surface area contributed by atoms with E-state index in [4.69, 9.17) is 5.14 Å². The van der Waals surface area contributed by atoms with Crippen LogP contribution in [-0.2, 0) is 10.0 Å². The summed E-state index contributed by atoms with van der Waals surface area (Å²) in [6.07, 6.45) is 3.83. The van der Waals surface area contributed by atoms with E-state index in [1.807, 2.05) is 0 Å². The van der Waals surface area contributed by atoms with Crippen molar-refractivity contribution in [1.82, 2.24) is 4.57 Å². The summed E-state index contributed by atoms with van der Waals surface area (Å²) >= 11 is 0. The normalized spacial score (nSPS) is 11.4. The number of benzene rings is 1. The molecule has 1 aromatic carbocycles. The Hall–Kier alpha value is -1.92. The maximum Gasteiger partial charge on any atom is 0.240 e. The smallest absolute Gasteiger partial charge is 0.240 e. The molecule has 0 amide bonds. The van der Waals surface area contributed by atoms with Gasteiger partial charge in [-0.3, -0.25) is 4.79 Å². The van der Waals surface area contributed by atoms with Crippen LogP contribution < -0.4 is 5.14 Å². The summed E-state index contributed by atoms with van der Waals surface area (Å²) in [5, 5.41) is 5.12. The third-order valence-corrected chi connectivity index (χ3v) is 3.26. The molecule has 0 saturated heterocycles. The summed E-state index contributed by atoms with van der Waals surface area (Å²) in [5.74, 6) is 0. The van der Waals surface area contributed by atoms with Crippen LogP contribution in [0.3, 0.4) is 0 Å². The van der Waals surface area contributed by atoms with Gasteiger partial charge < -0.3 is 4.57 Å². The van der Waals surface area contributed by atoms with Crippen molar-refractivity contribution in [1.29, 1.82) is 0 Å². The second-order valence-corrected chi connectivity index (χ2v) is 5.01. The molecule has 0 aliphatic heterocycles. The number of para-hydroxylation sites is 1. The highest BCUT2D eigenvalue weighted by atomic mass is 32.2. The highest BCUT2D eigenvalue weighted by molar-refractivity contribution is 7.89. The first-order valence-electron chi connectivity index (χ1n) is 4.78. The van der Waals surface area contributed by atoms with E-state index < -0.39 is 10.0 Å². The van der Waals surface area contributed by atoms with E-state index in [0.717, 1.165) is 0 Å². The zero-order chi connectivity index (χ0) is 12.5. The number of hydrogen-bond donors (Lipinski definition) is 1. The largest absolute Gasteiger partial charge is 0.322 e. The highest BCUT2D eigenvalue weighted by Crippen LogP contribution is 2.19. The molecular weight excluding hydrogens is 240 g/mol. The molecule has 17 heavy (non-hydrogen) atoms. The minimum atomic E-state index is -3.79. The molecule has 0 unspecified atom stereocenters. The van der Waals surface area contributed by atoms with Gasteiger partial charge in [0.1, 0.15) is 4.90 Å². The van der Waals surface area contributed by atoms with Crippen LogP contribution in [-0.4, -0.2) is 19.3 Å². The minimum Gasteiger partial charge on any atom is -0.322 e. The second-order valence-electron chi connectivity index (χ2n) is 3.48. The Bertz CT molecular complexity index is 659. The Morgan fingerprint density at radius 2 is 1.88 bits per heavy atom. The van der Waals surface area contributed by atoms with Gasteiger partial charge in [-0.2, -0.15) is 0 Å². The molecule has 1 aromatic heterocycles. The van der Waals surface area contributed by atoms with Gasteiger partial charge in [0.2, 0.25) is 10.0 Å². The van der Waals surface area contributed by atoms with Gasteiger partial charge in [-0.25, -0.2) is 13.6 Å². The maximum atomic E-state index is 11.4. The third-order valence-electron chi connectivity index (χ3n) is 2.30. The van der Waals surface area contributed by atoms with E-state index in [9.17, 15) is 13.2 Å². The molecule has 2 rings (SSSR count). The molecule has 0 aliphatic rings. The summed E-state index contributed by atoms with van der Waals surface area (Å²) in [6.45, 7) is 0. The van der Waals surface area contributed by atoms with E-state index in [0.29, 0.717) is 17.5 Å². The molecule has 0 saturated carbocycles. The molecule has 2 aromatic rings. The molecule has 0 spiro atoms. The number of primary sulfonamides is 1. The summed E-state index contributed by atoms with van der Waals surface area (Å²) < 4.78 is 24.3. The number of nitrogens with zero attached hydrogens (tertiary/aromatic N) is 1. The minimum absolute atomic E-state index is 0.0213. The molecule has 2 N–H and O–H groups in total. The van der Waals surface area contributed by atoms with Gasteiger partial charge in [0.15, 0.2) is 6.29 Å². The molecule has 0 atom stereocenters.